The van der Waals surface area contributed by atoms with Crippen LogP contribution in [-0.2, 0) is 18.6 Å². The standard InChI is InChI=1S/C29H33ClN2O2/c1-29(2,3)25-9-13-27(14-10-25)34-21-23-5-4-6-24(19-23)28(33)32-17-15-31(16-18-32)20-22-7-11-26(30)12-8-22/h4-14,19H,15-18,20-21H2,1-3H3. The van der Waals surface area contributed by atoms with Gasteiger partial charge in [-0.3, -0.25) is 9.69 Å². The molecular formula is C29H33ClN2O2. The minimum Gasteiger partial charge on any atom is -0.489 e. The van der Waals surface area contributed by atoms with E-state index in [2.05, 4.69) is 49.9 Å². The molecule has 0 N–H and O–H groups in total. The van der Waals surface area contributed by atoms with Crippen LogP contribution in [-0.4, -0.2) is 41.9 Å². The number of hydrogen-bond donors (Lipinski definition) is 0. The fourth-order valence-electron chi connectivity index (χ4n) is 4.15. The summed E-state index contributed by atoms with van der Waals surface area (Å²) >= 11 is 5.98. The predicted octanol–water partition coefficient (Wildman–Crippen LogP) is 6.17. The van der Waals surface area contributed by atoms with Crippen LogP contribution in [0.1, 0.15) is 47.8 Å². The highest BCUT2D eigenvalue weighted by Crippen LogP contribution is 2.25. The SMILES string of the molecule is CC(C)(C)c1ccc(OCc2cccc(C(=O)N3CCN(Cc4ccc(Cl)cc4)CC3)c2)cc1. The van der Waals surface area contributed by atoms with Crippen molar-refractivity contribution in [2.75, 3.05) is 26.2 Å². The van der Waals surface area contributed by atoms with E-state index in [9.17, 15) is 4.79 Å². The first-order chi connectivity index (χ1) is 16.3. The molecule has 0 spiro atoms. The lowest BCUT2D eigenvalue weighted by Crippen LogP contribution is -2.48. The number of ether oxygens (including phenoxy) is 1. The zero-order chi connectivity index (χ0) is 24.1. The molecule has 3 aromatic rings. The second kappa shape index (κ2) is 10.6. The maximum absolute atomic E-state index is 13.1. The lowest BCUT2D eigenvalue weighted by molar-refractivity contribution is 0.0628. The Labute approximate surface area is 208 Å². The predicted molar refractivity (Wildman–Crippen MR) is 139 cm³/mol. The first kappa shape index (κ1) is 24.3. The Bertz CT molecular complexity index is 1100. The smallest absolute Gasteiger partial charge is 0.253 e. The number of rotatable bonds is 6. The van der Waals surface area contributed by atoms with Gasteiger partial charge in [0.2, 0.25) is 0 Å². The second-order valence-electron chi connectivity index (χ2n) is 9.96. The number of nitrogens with zero attached hydrogens (tertiary/aromatic N) is 2. The molecule has 4 rings (SSSR count). The number of carbonyl (C=O) groups is 1. The molecule has 1 saturated heterocycles. The van der Waals surface area contributed by atoms with Crippen LogP contribution in [0.2, 0.25) is 5.02 Å². The van der Waals surface area contributed by atoms with Gasteiger partial charge >= 0.3 is 0 Å². The maximum atomic E-state index is 13.1. The van der Waals surface area contributed by atoms with Gasteiger partial charge in [-0.2, -0.15) is 0 Å². The molecule has 0 radical (unpaired) electrons. The molecule has 4 nitrogen and oxygen atoms in total. The average molecular weight is 477 g/mol. The summed E-state index contributed by atoms with van der Waals surface area (Å²) in [5, 5.41) is 0.755. The molecule has 1 heterocycles. The quantitative estimate of drug-likeness (QED) is 0.426. The zero-order valence-electron chi connectivity index (χ0n) is 20.3. The van der Waals surface area contributed by atoms with E-state index in [1.54, 1.807) is 0 Å². The van der Waals surface area contributed by atoms with Crippen molar-refractivity contribution in [2.45, 2.75) is 39.3 Å². The van der Waals surface area contributed by atoms with Crippen LogP contribution in [0, 0.1) is 0 Å². The molecular weight excluding hydrogens is 444 g/mol. The summed E-state index contributed by atoms with van der Waals surface area (Å²) in [6, 6.07) is 24.0. The van der Waals surface area contributed by atoms with Crippen molar-refractivity contribution < 1.29 is 9.53 Å². The number of piperazine rings is 1. The van der Waals surface area contributed by atoms with E-state index in [0.717, 1.165) is 54.6 Å². The summed E-state index contributed by atoms with van der Waals surface area (Å²) in [6.07, 6.45) is 0. The van der Waals surface area contributed by atoms with E-state index in [0.29, 0.717) is 6.61 Å². The third-order valence-electron chi connectivity index (χ3n) is 6.28. The van der Waals surface area contributed by atoms with Crippen molar-refractivity contribution in [1.82, 2.24) is 9.80 Å². The highest BCUT2D eigenvalue weighted by Gasteiger charge is 2.22. The summed E-state index contributed by atoms with van der Waals surface area (Å²) in [6.45, 7) is 11.1. The topological polar surface area (TPSA) is 32.8 Å². The van der Waals surface area contributed by atoms with Gasteiger partial charge in [-0.25, -0.2) is 0 Å². The van der Waals surface area contributed by atoms with Crippen LogP contribution >= 0.6 is 11.6 Å². The van der Waals surface area contributed by atoms with E-state index in [-0.39, 0.29) is 11.3 Å². The van der Waals surface area contributed by atoms with E-state index in [1.165, 1.54) is 11.1 Å². The Kier molecular flexibility index (Phi) is 7.60. The molecule has 0 aromatic heterocycles. The van der Waals surface area contributed by atoms with Crippen LogP contribution in [0.25, 0.3) is 0 Å². The van der Waals surface area contributed by atoms with E-state index < -0.39 is 0 Å². The van der Waals surface area contributed by atoms with Gasteiger partial charge in [0.05, 0.1) is 0 Å². The Morgan fingerprint density at radius 1 is 0.882 bits per heavy atom. The Balaban J connectivity index is 1.30. The number of amides is 1. The molecule has 1 fully saturated rings. The normalized spacial score (nSPS) is 14.8. The van der Waals surface area contributed by atoms with Crippen molar-refractivity contribution in [1.29, 1.82) is 0 Å². The average Bonchev–Trinajstić information content (AvgIpc) is 2.84. The van der Waals surface area contributed by atoms with Gasteiger partial charge in [0, 0.05) is 43.3 Å². The number of carbonyl (C=O) groups excluding carboxylic acids is 1. The van der Waals surface area contributed by atoms with Crippen molar-refractivity contribution in [3.05, 3.63) is 100 Å². The summed E-state index contributed by atoms with van der Waals surface area (Å²) < 4.78 is 5.98. The second-order valence-corrected chi connectivity index (χ2v) is 10.4. The summed E-state index contributed by atoms with van der Waals surface area (Å²) in [5.74, 6) is 0.920. The van der Waals surface area contributed by atoms with Crippen LogP contribution in [0.3, 0.4) is 0 Å². The van der Waals surface area contributed by atoms with Crippen LogP contribution in [0.4, 0.5) is 0 Å². The first-order valence-electron chi connectivity index (χ1n) is 11.9. The zero-order valence-corrected chi connectivity index (χ0v) is 21.0. The largest absolute Gasteiger partial charge is 0.489 e. The van der Waals surface area contributed by atoms with Gasteiger partial charge in [0.15, 0.2) is 0 Å². The summed E-state index contributed by atoms with van der Waals surface area (Å²) in [4.78, 5) is 17.4. The fraction of sp³-hybridized carbons (Fsp3) is 0.345. The molecule has 3 aromatic carbocycles. The molecule has 178 valence electrons. The van der Waals surface area contributed by atoms with E-state index in [1.807, 2.05) is 53.4 Å². The van der Waals surface area contributed by atoms with Crippen LogP contribution < -0.4 is 4.74 Å². The molecule has 0 unspecified atom stereocenters. The molecule has 0 bridgehead atoms. The van der Waals surface area contributed by atoms with Crippen molar-refractivity contribution >= 4 is 17.5 Å². The van der Waals surface area contributed by atoms with Crippen molar-refractivity contribution in [2.24, 2.45) is 0 Å². The number of halogens is 1. The van der Waals surface area contributed by atoms with Crippen LogP contribution in [0.15, 0.2) is 72.8 Å². The number of hydrogen-bond acceptors (Lipinski definition) is 3. The van der Waals surface area contributed by atoms with Crippen molar-refractivity contribution in [3.63, 3.8) is 0 Å². The Morgan fingerprint density at radius 2 is 1.56 bits per heavy atom. The van der Waals surface area contributed by atoms with Crippen LogP contribution in [0.5, 0.6) is 5.75 Å². The minimum absolute atomic E-state index is 0.0857. The number of benzene rings is 3. The lowest BCUT2D eigenvalue weighted by atomic mass is 9.87. The minimum atomic E-state index is 0.0857. The molecule has 1 amide bonds. The van der Waals surface area contributed by atoms with Gasteiger partial charge < -0.3 is 9.64 Å². The van der Waals surface area contributed by atoms with Gasteiger partial charge in [-0.05, 0) is 58.5 Å². The monoisotopic (exact) mass is 476 g/mol. The fourth-order valence-corrected chi connectivity index (χ4v) is 4.28. The molecule has 1 aliphatic rings. The lowest BCUT2D eigenvalue weighted by Gasteiger charge is -2.34. The molecule has 0 saturated carbocycles. The highest BCUT2D eigenvalue weighted by atomic mass is 35.5. The van der Waals surface area contributed by atoms with E-state index >= 15 is 0 Å². The molecule has 0 aliphatic carbocycles. The third kappa shape index (κ3) is 6.40. The third-order valence-corrected chi connectivity index (χ3v) is 6.53. The van der Waals surface area contributed by atoms with Gasteiger partial charge in [-0.15, -0.1) is 0 Å². The van der Waals surface area contributed by atoms with Gasteiger partial charge in [0.25, 0.3) is 5.91 Å². The maximum Gasteiger partial charge on any atom is 0.253 e. The molecule has 0 atom stereocenters. The highest BCUT2D eigenvalue weighted by molar-refractivity contribution is 6.30. The molecule has 1 aliphatic heterocycles. The molecule has 34 heavy (non-hydrogen) atoms. The summed E-state index contributed by atoms with van der Waals surface area (Å²) in [5.41, 5.74) is 4.35. The van der Waals surface area contributed by atoms with Gasteiger partial charge in [0.1, 0.15) is 12.4 Å². The van der Waals surface area contributed by atoms with Crippen molar-refractivity contribution in [3.8, 4) is 5.75 Å². The van der Waals surface area contributed by atoms with E-state index in [4.69, 9.17) is 16.3 Å². The van der Waals surface area contributed by atoms with Gasteiger partial charge in [-0.1, -0.05) is 68.8 Å². The first-order valence-corrected chi connectivity index (χ1v) is 12.2. The Morgan fingerprint density at radius 3 is 2.21 bits per heavy atom. The Hall–Kier alpha value is -2.82. The molecule has 5 heteroatoms. The summed E-state index contributed by atoms with van der Waals surface area (Å²) in [7, 11) is 0.